The molecule has 0 amide bonds. The molecule has 5 nitrogen and oxygen atoms in total. The number of benzene rings is 2. The van der Waals surface area contributed by atoms with Crippen LogP contribution in [0.15, 0.2) is 36.7 Å². The Morgan fingerprint density at radius 1 is 1.04 bits per heavy atom. The van der Waals surface area contributed by atoms with Crippen molar-refractivity contribution in [2.75, 3.05) is 19.5 Å². The first-order valence-electron chi connectivity index (χ1n) is 7.03. The number of hydrogen-bond acceptors (Lipinski definition) is 5. The molecule has 0 atom stereocenters. The Bertz CT molecular complexity index is 868. The second-order valence-electron chi connectivity index (χ2n) is 4.96. The number of fused-ring (bicyclic) bond motifs is 1. The normalized spacial score (nSPS) is 10.6. The van der Waals surface area contributed by atoms with E-state index in [0.29, 0.717) is 27.9 Å². The fourth-order valence-corrected chi connectivity index (χ4v) is 2.59. The minimum Gasteiger partial charge on any atom is -0.493 e. The number of halogens is 1. The Morgan fingerprint density at radius 2 is 1.87 bits per heavy atom. The van der Waals surface area contributed by atoms with Crippen molar-refractivity contribution in [3.63, 3.8) is 0 Å². The molecule has 3 rings (SSSR count). The Morgan fingerprint density at radius 3 is 2.61 bits per heavy atom. The lowest BCUT2D eigenvalue weighted by atomic mass is 10.1. The number of nitrogens with one attached hydrogen (secondary N) is 1. The summed E-state index contributed by atoms with van der Waals surface area (Å²) in [4.78, 5) is 8.66. The molecule has 0 saturated heterocycles. The van der Waals surface area contributed by atoms with Gasteiger partial charge in [-0.3, -0.25) is 0 Å². The van der Waals surface area contributed by atoms with Crippen molar-refractivity contribution in [1.29, 1.82) is 0 Å². The van der Waals surface area contributed by atoms with Crippen molar-refractivity contribution in [2.45, 2.75) is 6.92 Å². The van der Waals surface area contributed by atoms with E-state index in [0.717, 1.165) is 16.6 Å². The van der Waals surface area contributed by atoms with Gasteiger partial charge in [0.1, 0.15) is 17.7 Å². The number of methoxy groups -OCH3 is 2. The first-order valence-corrected chi connectivity index (χ1v) is 7.41. The van der Waals surface area contributed by atoms with E-state index < -0.39 is 0 Å². The Balaban J connectivity index is 2.13. The topological polar surface area (TPSA) is 56.3 Å². The molecule has 0 aliphatic carbocycles. The summed E-state index contributed by atoms with van der Waals surface area (Å²) in [5.74, 6) is 1.89. The van der Waals surface area contributed by atoms with Crippen LogP contribution in [0.5, 0.6) is 11.5 Å². The summed E-state index contributed by atoms with van der Waals surface area (Å²) >= 11 is 6.18. The smallest absolute Gasteiger partial charge is 0.187 e. The minimum atomic E-state index is 0.582. The molecule has 1 N–H and O–H groups in total. The maximum Gasteiger partial charge on any atom is 0.187 e. The molecule has 3 aromatic rings. The third kappa shape index (κ3) is 2.75. The lowest BCUT2D eigenvalue weighted by molar-refractivity contribution is 0.358. The van der Waals surface area contributed by atoms with Gasteiger partial charge in [-0.05, 0) is 36.8 Å². The SMILES string of the molecule is COc1ccc2c(Nc3cccc(Cl)c3C)ncnc2c1OC. The minimum absolute atomic E-state index is 0.582. The zero-order valence-corrected chi connectivity index (χ0v) is 13.8. The van der Waals surface area contributed by atoms with Crippen molar-refractivity contribution in [1.82, 2.24) is 9.97 Å². The maximum absolute atomic E-state index is 6.18. The number of anilines is 2. The quantitative estimate of drug-likeness (QED) is 0.771. The molecular weight excluding hydrogens is 314 g/mol. The molecule has 23 heavy (non-hydrogen) atoms. The highest BCUT2D eigenvalue weighted by atomic mass is 35.5. The fraction of sp³-hybridized carbons (Fsp3) is 0.176. The van der Waals surface area contributed by atoms with Gasteiger partial charge in [-0.25, -0.2) is 9.97 Å². The first kappa shape index (κ1) is 15.4. The van der Waals surface area contributed by atoms with Crippen LogP contribution in [0.2, 0.25) is 5.02 Å². The summed E-state index contributed by atoms with van der Waals surface area (Å²) in [6.07, 6.45) is 1.49. The second-order valence-corrected chi connectivity index (χ2v) is 5.36. The summed E-state index contributed by atoms with van der Waals surface area (Å²) in [6, 6.07) is 9.44. The molecule has 1 heterocycles. The van der Waals surface area contributed by atoms with E-state index >= 15 is 0 Å². The van der Waals surface area contributed by atoms with E-state index in [9.17, 15) is 0 Å². The van der Waals surface area contributed by atoms with Gasteiger partial charge >= 0.3 is 0 Å². The fourth-order valence-electron chi connectivity index (χ4n) is 2.41. The molecular formula is C17H16ClN3O2. The summed E-state index contributed by atoms with van der Waals surface area (Å²) < 4.78 is 10.7. The third-order valence-electron chi connectivity index (χ3n) is 3.67. The van der Waals surface area contributed by atoms with Gasteiger partial charge < -0.3 is 14.8 Å². The van der Waals surface area contributed by atoms with E-state index in [1.807, 2.05) is 37.3 Å². The van der Waals surface area contributed by atoms with Crippen LogP contribution in [0.4, 0.5) is 11.5 Å². The van der Waals surface area contributed by atoms with Crippen LogP contribution < -0.4 is 14.8 Å². The van der Waals surface area contributed by atoms with Crippen LogP contribution in [0, 0.1) is 6.92 Å². The molecule has 0 spiro atoms. The van der Waals surface area contributed by atoms with E-state index in [-0.39, 0.29) is 0 Å². The van der Waals surface area contributed by atoms with Crippen LogP contribution in [0.1, 0.15) is 5.56 Å². The monoisotopic (exact) mass is 329 g/mol. The largest absolute Gasteiger partial charge is 0.493 e. The Kier molecular flexibility index (Phi) is 4.21. The van der Waals surface area contributed by atoms with Crippen molar-refractivity contribution < 1.29 is 9.47 Å². The van der Waals surface area contributed by atoms with Gasteiger partial charge in [0.2, 0.25) is 0 Å². The zero-order valence-electron chi connectivity index (χ0n) is 13.1. The molecule has 6 heteroatoms. The molecule has 0 bridgehead atoms. The van der Waals surface area contributed by atoms with E-state index in [4.69, 9.17) is 21.1 Å². The molecule has 0 aliphatic heterocycles. The highest BCUT2D eigenvalue weighted by Gasteiger charge is 2.14. The summed E-state index contributed by atoms with van der Waals surface area (Å²) in [5.41, 5.74) is 2.54. The highest BCUT2D eigenvalue weighted by molar-refractivity contribution is 6.31. The molecule has 2 aromatic carbocycles. The average Bonchev–Trinajstić information content (AvgIpc) is 2.58. The average molecular weight is 330 g/mol. The molecule has 0 unspecified atom stereocenters. The predicted octanol–water partition coefficient (Wildman–Crippen LogP) is 4.35. The zero-order chi connectivity index (χ0) is 16.4. The van der Waals surface area contributed by atoms with Crippen molar-refractivity contribution in [2.24, 2.45) is 0 Å². The summed E-state index contributed by atoms with van der Waals surface area (Å²) in [7, 11) is 3.19. The third-order valence-corrected chi connectivity index (χ3v) is 4.08. The molecule has 0 saturated carbocycles. The van der Waals surface area contributed by atoms with E-state index in [1.165, 1.54) is 6.33 Å². The maximum atomic E-state index is 6.18. The molecule has 1 aromatic heterocycles. The standard InChI is InChI=1S/C17H16ClN3O2/c1-10-12(18)5-4-6-13(10)21-17-11-7-8-14(22-2)16(23-3)15(11)19-9-20-17/h4-9H,1-3H3,(H,19,20,21). The Hall–Kier alpha value is -2.53. The number of aromatic nitrogens is 2. The van der Waals surface area contributed by atoms with E-state index in [2.05, 4.69) is 15.3 Å². The van der Waals surface area contributed by atoms with Crippen molar-refractivity contribution >= 4 is 34.0 Å². The van der Waals surface area contributed by atoms with Crippen molar-refractivity contribution in [3.8, 4) is 11.5 Å². The predicted molar refractivity (Wildman–Crippen MR) is 92.1 cm³/mol. The highest BCUT2D eigenvalue weighted by Crippen LogP contribution is 2.37. The first-order chi connectivity index (χ1) is 11.2. The van der Waals surface area contributed by atoms with Gasteiger partial charge in [0.25, 0.3) is 0 Å². The van der Waals surface area contributed by atoms with E-state index in [1.54, 1.807) is 14.2 Å². The second kappa shape index (κ2) is 6.30. The van der Waals surface area contributed by atoms with Crippen LogP contribution in [0.3, 0.4) is 0 Å². The Labute approximate surface area is 139 Å². The molecule has 0 aliphatic rings. The lowest BCUT2D eigenvalue weighted by Gasteiger charge is -2.14. The number of ether oxygens (including phenoxy) is 2. The molecule has 118 valence electrons. The van der Waals surface area contributed by atoms with Crippen LogP contribution in [-0.4, -0.2) is 24.2 Å². The van der Waals surface area contributed by atoms with Crippen LogP contribution in [0.25, 0.3) is 10.9 Å². The summed E-state index contributed by atoms with van der Waals surface area (Å²) in [6.45, 7) is 1.96. The number of rotatable bonds is 4. The lowest BCUT2D eigenvalue weighted by Crippen LogP contribution is -2.00. The molecule has 0 fully saturated rings. The van der Waals surface area contributed by atoms with Gasteiger partial charge in [-0.2, -0.15) is 0 Å². The number of hydrogen-bond donors (Lipinski definition) is 1. The van der Waals surface area contributed by atoms with Crippen LogP contribution >= 0.6 is 11.6 Å². The van der Waals surface area contributed by atoms with Gasteiger partial charge in [0.05, 0.1) is 14.2 Å². The number of nitrogens with zero attached hydrogens (tertiary/aromatic N) is 2. The van der Waals surface area contributed by atoms with Gasteiger partial charge in [0, 0.05) is 16.1 Å². The van der Waals surface area contributed by atoms with Gasteiger partial charge in [-0.1, -0.05) is 17.7 Å². The van der Waals surface area contributed by atoms with Gasteiger partial charge in [0.15, 0.2) is 11.5 Å². The van der Waals surface area contributed by atoms with Crippen molar-refractivity contribution in [3.05, 3.63) is 47.2 Å². The molecule has 0 radical (unpaired) electrons. The van der Waals surface area contributed by atoms with Crippen LogP contribution in [-0.2, 0) is 0 Å². The summed E-state index contributed by atoms with van der Waals surface area (Å²) in [5, 5.41) is 4.85. The van der Waals surface area contributed by atoms with Gasteiger partial charge in [-0.15, -0.1) is 0 Å².